The van der Waals surface area contributed by atoms with Gasteiger partial charge in [-0.2, -0.15) is 8.78 Å². The van der Waals surface area contributed by atoms with Crippen LogP contribution in [0.5, 0.6) is 11.5 Å². The monoisotopic (exact) mass is 503 g/mol. The average Bonchev–Trinajstić information content (AvgIpc) is 3.58. The molecule has 2 heterocycles. The highest BCUT2D eigenvalue weighted by Crippen LogP contribution is 2.38. The van der Waals surface area contributed by atoms with E-state index in [-0.39, 0.29) is 36.6 Å². The molecule has 1 aliphatic heterocycles. The van der Waals surface area contributed by atoms with Crippen molar-refractivity contribution < 1.29 is 37.4 Å². The Morgan fingerprint density at radius 2 is 1.89 bits per heavy atom. The van der Waals surface area contributed by atoms with E-state index in [1.165, 1.54) is 42.4 Å². The molecule has 1 aliphatic carbocycles. The number of nitrogens with zero attached hydrogens (tertiary/aromatic N) is 2. The van der Waals surface area contributed by atoms with Crippen LogP contribution in [0.15, 0.2) is 42.7 Å². The van der Waals surface area contributed by atoms with E-state index in [2.05, 4.69) is 15.0 Å². The molecule has 0 bridgehead atoms. The SMILES string of the molecule is CC(=O)N1CC(c2ccc(OC(F)F)c(OCC3CC3)c2)C[C@@H]1C(=O)NCOC(=O)c1ccncc1. The lowest BCUT2D eigenvalue weighted by molar-refractivity contribution is -0.137. The van der Waals surface area contributed by atoms with Crippen molar-refractivity contribution in [3.63, 3.8) is 0 Å². The van der Waals surface area contributed by atoms with Crippen molar-refractivity contribution in [1.29, 1.82) is 0 Å². The molecule has 0 radical (unpaired) electrons. The molecular formula is C25H27F2N3O6. The van der Waals surface area contributed by atoms with Gasteiger partial charge < -0.3 is 24.4 Å². The summed E-state index contributed by atoms with van der Waals surface area (Å²) in [5, 5.41) is 2.54. The maximum Gasteiger partial charge on any atom is 0.387 e. The van der Waals surface area contributed by atoms with Gasteiger partial charge in [-0.05, 0) is 55.0 Å². The Hall–Kier alpha value is -3.76. The molecular weight excluding hydrogens is 476 g/mol. The summed E-state index contributed by atoms with van der Waals surface area (Å²) in [6.45, 7) is -1.29. The van der Waals surface area contributed by atoms with Crippen molar-refractivity contribution in [3.05, 3.63) is 53.9 Å². The van der Waals surface area contributed by atoms with Gasteiger partial charge in [0.1, 0.15) is 6.04 Å². The minimum Gasteiger partial charge on any atom is -0.489 e. The van der Waals surface area contributed by atoms with Crippen LogP contribution in [0.2, 0.25) is 0 Å². The third kappa shape index (κ3) is 6.46. The fraction of sp³-hybridized carbons (Fsp3) is 0.440. The molecule has 1 unspecified atom stereocenters. The average molecular weight is 504 g/mol. The molecule has 36 heavy (non-hydrogen) atoms. The Labute approximate surface area is 206 Å². The standard InChI is InChI=1S/C25H27F2N3O6/c1-15(31)30-12-19(10-20(30)23(32)29-14-35-24(33)17-6-8-28-9-7-17)18-4-5-21(36-25(26)27)22(11-18)34-13-16-2-3-16/h4-9,11,16,19-20,25H,2-3,10,12-14H2,1H3,(H,29,32)/t19?,20-/m1/s1. The molecule has 2 atom stereocenters. The van der Waals surface area contributed by atoms with Crippen molar-refractivity contribution in [2.75, 3.05) is 19.9 Å². The largest absolute Gasteiger partial charge is 0.489 e. The number of hydrogen-bond donors (Lipinski definition) is 1. The maximum absolute atomic E-state index is 12.8. The molecule has 9 nitrogen and oxygen atoms in total. The number of carbonyl (C=O) groups is 3. The van der Waals surface area contributed by atoms with Crippen LogP contribution < -0.4 is 14.8 Å². The van der Waals surface area contributed by atoms with Crippen LogP contribution >= 0.6 is 0 Å². The van der Waals surface area contributed by atoms with Gasteiger partial charge in [0.05, 0.1) is 12.2 Å². The van der Waals surface area contributed by atoms with E-state index in [9.17, 15) is 23.2 Å². The van der Waals surface area contributed by atoms with Crippen LogP contribution in [0.4, 0.5) is 8.78 Å². The zero-order valence-corrected chi connectivity index (χ0v) is 19.7. The van der Waals surface area contributed by atoms with Gasteiger partial charge in [0.25, 0.3) is 0 Å². The molecule has 2 fully saturated rings. The highest BCUT2D eigenvalue weighted by molar-refractivity contribution is 5.90. The number of esters is 1. The molecule has 1 N–H and O–H groups in total. The molecule has 11 heteroatoms. The quantitative estimate of drug-likeness (QED) is 0.392. The van der Waals surface area contributed by atoms with Crippen molar-refractivity contribution in [2.45, 2.75) is 44.8 Å². The number of rotatable bonds is 10. The molecule has 4 rings (SSSR count). The number of nitrogens with one attached hydrogen (secondary N) is 1. The lowest BCUT2D eigenvalue weighted by atomic mass is 9.95. The molecule has 1 aromatic heterocycles. The summed E-state index contributed by atoms with van der Waals surface area (Å²) in [6, 6.07) is 6.90. The smallest absolute Gasteiger partial charge is 0.387 e. The van der Waals surface area contributed by atoms with E-state index in [1.54, 1.807) is 12.1 Å². The highest BCUT2D eigenvalue weighted by Gasteiger charge is 2.39. The van der Waals surface area contributed by atoms with Gasteiger partial charge in [-0.3, -0.25) is 14.6 Å². The Morgan fingerprint density at radius 1 is 1.14 bits per heavy atom. The Kier molecular flexibility index (Phi) is 7.97. The van der Waals surface area contributed by atoms with E-state index in [1.807, 2.05) is 0 Å². The van der Waals surface area contributed by atoms with Gasteiger partial charge >= 0.3 is 12.6 Å². The van der Waals surface area contributed by atoms with Crippen LogP contribution in [-0.2, 0) is 14.3 Å². The van der Waals surface area contributed by atoms with Crippen molar-refractivity contribution in [2.24, 2.45) is 5.92 Å². The summed E-state index contributed by atoms with van der Waals surface area (Å²) in [5.74, 6) is -1.02. The second-order valence-corrected chi connectivity index (χ2v) is 8.81. The first-order chi connectivity index (χ1) is 17.3. The number of benzene rings is 1. The summed E-state index contributed by atoms with van der Waals surface area (Å²) < 4.78 is 41.1. The third-order valence-electron chi connectivity index (χ3n) is 6.20. The van der Waals surface area contributed by atoms with Crippen LogP contribution in [-0.4, -0.2) is 60.2 Å². The lowest BCUT2D eigenvalue weighted by Crippen LogP contribution is -2.45. The number of amides is 2. The topological polar surface area (TPSA) is 107 Å². The number of alkyl halides is 2. The number of hydrogen-bond acceptors (Lipinski definition) is 7. The van der Waals surface area contributed by atoms with Crippen molar-refractivity contribution in [1.82, 2.24) is 15.2 Å². The molecule has 1 saturated carbocycles. The normalized spacial score (nSPS) is 19.2. The van der Waals surface area contributed by atoms with E-state index in [0.717, 1.165) is 18.4 Å². The number of ether oxygens (including phenoxy) is 3. The molecule has 0 spiro atoms. The fourth-order valence-corrected chi connectivity index (χ4v) is 4.11. The van der Waals surface area contributed by atoms with Crippen LogP contribution in [0.1, 0.15) is 48.0 Å². The Morgan fingerprint density at radius 3 is 2.56 bits per heavy atom. The summed E-state index contributed by atoms with van der Waals surface area (Å²) in [5.41, 5.74) is 1.04. The second-order valence-electron chi connectivity index (χ2n) is 8.81. The Bertz CT molecular complexity index is 1100. The first-order valence-corrected chi connectivity index (χ1v) is 11.7. The van der Waals surface area contributed by atoms with Gasteiger partial charge in [-0.25, -0.2) is 4.79 Å². The number of aromatic nitrogens is 1. The summed E-state index contributed by atoms with van der Waals surface area (Å²) in [4.78, 5) is 42.4. The van der Waals surface area contributed by atoms with Gasteiger partial charge in [0.15, 0.2) is 18.2 Å². The van der Waals surface area contributed by atoms with E-state index >= 15 is 0 Å². The summed E-state index contributed by atoms with van der Waals surface area (Å²) in [6.07, 6.45) is 5.28. The van der Waals surface area contributed by atoms with E-state index in [0.29, 0.717) is 24.5 Å². The van der Waals surface area contributed by atoms with E-state index < -0.39 is 24.5 Å². The number of carbonyl (C=O) groups excluding carboxylic acids is 3. The number of pyridine rings is 1. The molecule has 2 amide bonds. The number of halogens is 2. The molecule has 1 saturated heterocycles. The minimum absolute atomic E-state index is 0.0545. The van der Waals surface area contributed by atoms with Crippen LogP contribution in [0, 0.1) is 5.92 Å². The molecule has 2 aliphatic rings. The lowest BCUT2D eigenvalue weighted by Gasteiger charge is -2.22. The van der Waals surface area contributed by atoms with Gasteiger partial charge in [-0.15, -0.1) is 0 Å². The minimum atomic E-state index is -2.99. The highest BCUT2D eigenvalue weighted by atomic mass is 19.3. The predicted molar refractivity (Wildman–Crippen MR) is 122 cm³/mol. The summed E-state index contributed by atoms with van der Waals surface area (Å²) >= 11 is 0. The van der Waals surface area contributed by atoms with Gasteiger partial charge in [-0.1, -0.05) is 6.07 Å². The van der Waals surface area contributed by atoms with E-state index in [4.69, 9.17) is 9.47 Å². The fourth-order valence-electron chi connectivity index (χ4n) is 4.11. The van der Waals surface area contributed by atoms with Crippen molar-refractivity contribution in [3.8, 4) is 11.5 Å². The first kappa shape index (κ1) is 25.3. The first-order valence-electron chi connectivity index (χ1n) is 11.7. The third-order valence-corrected chi connectivity index (χ3v) is 6.20. The zero-order chi connectivity index (χ0) is 25.7. The molecule has 1 aromatic carbocycles. The van der Waals surface area contributed by atoms with Crippen molar-refractivity contribution >= 4 is 17.8 Å². The summed E-state index contributed by atoms with van der Waals surface area (Å²) in [7, 11) is 0. The molecule has 2 aromatic rings. The van der Waals surface area contributed by atoms with Gasteiger partial charge in [0, 0.05) is 31.8 Å². The second kappa shape index (κ2) is 11.3. The van der Waals surface area contributed by atoms with Gasteiger partial charge in [0.2, 0.25) is 11.8 Å². The Balaban J connectivity index is 1.41. The van der Waals surface area contributed by atoms with Crippen LogP contribution in [0.25, 0.3) is 0 Å². The zero-order valence-electron chi connectivity index (χ0n) is 19.7. The predicted octanol–water partition coefficient (Wildman–Crippen LogP) is 3.11. The molecule has 192 valence electrons. The van der Waals surface area contributed by atoms with Crippen LogP contribution in [0.3, 0.4) is 0 Å². The number of likely N-dealkylation sites (tertiary alicyclic amines) is 1. The maximum atomic E-state index is 12.8.